The molecule has 8 heteroatoms. The Morgan fingerprint density at radius 1 is 1.42 bits per heavy atom. The maximum Gasteiger partial charge on any atom is 0.408 e. The van der Waals surface area contributed by atoms with Gasteiger partial charge in [0.25, 0.3) is 0 Å². The van der Waals surface area contributed by atoms with Crippen LogP contribution in [0.1, 0.15) is 34.1 Å². The number of alkyl carbamates (subject to hydrolysis) is 1. The van der Waals surface area contributed by atoms with Crippen LogP contribution in [0.2, 0.25) is 0 Å². The van der Waals surface area contributed by atoms with E-state index >= 15 is 0 Å². The average Bonchev–Trinajstić information content (AvgIpc) is 2.19. The van der Waals surface area contributed by atoms with Crippen LogP contribution in [0.15, 0.2) is 5.16 Å². The number of carboxylic acid groups (broad SMARTS) is 1. The van der Waals surface area contributed by atoms with Crippen molar-refractivity contribution in [1.29, 1.82) is 0 Å². The van der Waals surface area contributed by atoms with Crippen molar-refractivity contribution in [3.8, 4) is 0 Å². The second-order valence-corrected chi connectivity index (χ2v) is 4.89. The van der Waals surface area contributed by atoms with E-state index in [0.29, 0.717) is 0 Å². The van der Waals surface area contributed by atoms with E-state index in [4.69, 9.17) is 20.4 Å². The van der Waals surface area contributed by atoms with Crippen LogP contribution in [0.4, 0.5) is 4.79 Å². The van der Waals surface area contributed by atoms with E-state index in [-0.39, 0.29) is 18.9 Å². The van der Waals surface area contributed by atoms with Crippen LogP contribution < -0.4 is 11.1 Å². The summed E-state index contributed by atoms with van der Waals surface area (Å²) >= 11 is 0. The van der Waals surface area contributed by atoms with Crippen LogP contribution in [0.3, 0.4) is 0 Å². The van der Waals surface area contributed by atoms with Gasteiger partial charge in [-0.1, -0.05) is 5.16 Å². The lowest BCUT2D eigenvalue weighted by molar-refractivity contribution is -0.140. The molecule has 19 heavy (non-hydrogen) atoms. The van der Waals surface area contributed by atoms with Gasteiger partial charge in [-0.05, 0) is 27.7 Å². The number of amidine groups is 1. The van der Waals surface area contributed by atoms with Crippen molar-refractivity contribution >= 4 is 17.9 Å². The maximum atomic E-state index is 11.4. The number of carbonyl (C=O) groups excluding carboxylic acids is 1. The molecule has 0 aliphatic carbocycles. The zero-order valence-electron chi connectivity index (χ0n) is 11.6. The molecule has 0 aromatic rings. The molecule has 1 amide bonds. The predicted octanol–water partition coefficient (Wildman–Crippen LogP) is 0.663. The fraction of sp³-hybridized carbons (Fsp3) is 0.727. The highest BCUT2D eigenvalue weighted by atomic mass is 16.6. The molecule has 0 bridgehead atoms. The number of amides is 1. The highest BCUT2D eigenvalue weighted by Crippen LogP contribution is 2.07. The van der Waals surface area contributed by atoms with Gasteiger partial charge in [0.1, 0.15) is 24.1 Å². The summed E-state index contributed by atoms with van der Waals surface area (Å²) in [6, 6.07) is -1.11. The Morgan fingerprint density at radius 3 is 2.42 bits per heavy atom. The van der Waals surface area contributed by atoms with Gasteiger partial charge >= 0.3 is 12.1 Å². The number of oxime groups is 1. The first kappa shape index (κ1) is 17.0. The van der Waals surface area contributed by atoms with E-state index in [1.807, 2.05) is 0 Å². The highest BCUT2D eigenvalue weighted by molar-refractivity contribution is 5.80. The smallest absolute Gasteiger partial charge is 0.408 e. The van der Waals surface area contributed by atoms with Crippen molar-refractivity contribution in [3.05, 3.63) is 0 Å². The number of hydrogen-bond acceptors (Lipinski definition) is 5. The normalized spacial score (nSPS) is 13.6. The largest absolute Gasteiger partial charge is 0.480 e. The predicted molar refractivity (Wildman–Crippen MR) is 68.7 cm³/mol. The molecule has 8 nitrogen and oxygen atoms in total. The third kappa shape index (κ3) is 9.69. The van der Waals surface area contributed by atoms with Crippen LogP contribution in [0.5, 0.6) is 0 Å². The molecule has 0 saturated carbocycles. The second-order valence-electron chi connectivity index (χ2n) is 4.89. The lowest BCUT2D eigenvalue weighted by Crippen LogP contribution is -2.44. The van der Waals surface area contributed by atoms with Crippen molar-refractivity contribution < 1.29 is 24.3 Å². The van der Waals surface area contributed by atoms with Crippen molar-refractivity contribution in [2.45, 2.75) is 45.8 Å². The maximum absolute atomic E-state index is 11.4. The quantitative estimate of drug-likeness (QED) is 0.283. The van der Waals surface area contributed by atoms with Crippen LogP contribution in [-0.2, 0) is 14.4 Å². The number of ether oxygens (including phenoxy) is 1. The number of rotatable bonds is 6. The molecule has 0 unspecified atom stereocenters. The van der Waals surface area contributed by atoms with Gasteiger partial charge < -0.3 is 25.7 Å². The first-order valence-corrected chi connectivity index (χ1v) is 5.76. The minimum atomic E-state index is -1.18. The Balaban J connectivity index is 4.23. The van der Waals surface area contributed by atoms with Crippen molar-refractivity contribution in [2.24, 2.45) is 10.9 Å². The molecule has 0 heterocycles. The molecule has 0 aromatic carbocycles. The highest BCUT2D eigenvalue weighted by Gasteiger charge is 2.23. The number of nitrogens with one attached hydrogen (secondary N) is 1. The van der Waals surface area contributed by atoms with Gasteiger partial charge in [0.2, 0.25) is 0 Å². The Labute approximate surface area is 111 Å². The summed E-state index contributed by atoms with van der Waals surface area (Å²) < 4.78 is 4.96. The molecule has 110 valence electrons. The lowest BCUT2D eigenvalue weighted by Gasteiger charge is -2.21. The van der Waals surface area contributed by atoms with Crippen LogP contribution >= 0.6 is 0 Å². The van der Waals surface area contributed by atoms with Crippen molar-refractivity contribution in [3.63, 3.8) is 0 Å². The summed E-state index contributed by atoms with van der Waals surface area (Å²) in [6.07, 6.45) is -0.746. The zero-order chi connectivity index (χ0) is 15.1. The van der Waals surface area contributed by atoms with E-state index < -0.39 is 23.7 Å². The summed E-state index contributed by atoms with van der Waals surface area (Å²) in [7, 11) is 0. The van der Waals surface area contributed by atoms with Gasteiger partial charge in [0, 0.05) is 6.42 Å². The topological polar surface area (TPSA) is 123 Å². The number of nitrogens with two attached hydrogens (primary N) is 1. The summed E-state index contributed by atoms with van der Waals surface area (Å²) in [5.41, 5.74) is 4.55. The van der Waals surface area contributed by atoms with Crippen LogP contribution in [-0.4, -0.2) is 41.3 Å². The van der Waals surface area contributed by atoms with Gasteiger partial charge in [-0.25, -0.2) is 9.59 Å². The summed E-state index contributed by atoms with van der Waals surface area (Å²) in [4.78, 5) is 27.1. The molecular formula is C11H21N3O5. The number of aliphatic carboxylic acids is 1. The molecule has 0 aliphatic heterocycles. The Kier molecular flexibility index (Phi) is 6.67. The number of carboxylic acids is 1. The number of hydrogen-bond donors (Lipinski definition) is 3. The molecule has 0 aliphatic rings. The first-order chi connectivity index (χ1) is 8.61. The van der Waals surface area contributed by atoms with Crippen LogP contribution in [0, 0.1) is 0 Å². The fourth-order valence-corrected chi connectivity index (χ4v) is 1.03. The van der Waals surface area contributed by atoms with E-state index in [1.54, 1.807) is 20.8 Å². The molecule has 0 saturated heterocycles. The Hall–Kier alpha value is -1.99. The zero-order valence-corrected chi connectivity index (χ0v) is 11.6. The minimum Gasteiger partial charge on any atom is -0.480 e. The van der Waals surface area contributed by atoms with Gasteiger partial charge in [-0.15, -0.1) is 0 Å². The van der Waals surface area contributed by atoms with Crippen LogP contribution in [0.25, 0.3) is 0 Å². The van der Waals surface area contributed by atoms with E-state index in [9.17, 15) is 9.59 Å². The van der Waals surface area contributed by atoms with E-state index in [2.05, 4.69) is 10.5 Å². The molecule has 0 aromatic heterocycles. The minimum absolute atomic E-state index is 0.0152. The first-order valence-electron chi connectivity index (χ1n) is 5.76. The SMILES string of the molecule is C/C(N)=N/OCC[C@H](NC(=O)OC(C)(C)C)C(=O)O. The van der Waals surface area contributed by atoms with Gasteiger partial charge in [-0.2, -0.15) is 0 Å². The third-order valence-corrected chi connectivity index (χ3v) is 1.70. The second kappa shape index (κ2) is 7.45. The molecule has 1 atom stereocenters. The molecule has 0 radical (unpaired) electrons. The lowest BCUT2D eigenvalue weighted by atomic mass is 10.2. The summed E-state index contributed by atoms with van der Waals surface area (Å²) in [5.74, 6) is -0.949. The monoisotopic (exact) mass is 275 g/mol. The molecule has 0 spiro atoms. The molecule has 0 rings (SSSR count). The number of nitrogens with zero attached hydrogens (tertiary/aromatic N) is 1. The van der Waals surface area contributed by atoms with Gasteiger partial charge in [0.15, 0.2) is 0 Å². The standard InChI is InChI=1S/C11H21N3O5/c1-7(12)14-18-6-5-8(9(15)16)13-10(17)19-11(2,3)4/h8H,5-6H2,1-4H3,(H2,12,14)(H,13,17)(H,15,16)/t8-/m0/s1. The third-order valence-electron chi connectivity index (χ3n) is 1.70. The van der Waals surface area contributed by atoms with Gasteiger partial charge in [0.05, 0.1) is 0 Å². The Morgan fingerprint density at radius 2 is 2.00 bits per heavy atom. The van der Waals surface area contributed by atoms with E-state index in [1.165, 1.54) is 6.92 Å². The fourth-order valence-electron chi connectivity index (χ4n) is 1.03. The molecular weight excluding hydrogens is 254 g/mol. The average molecular weight is 275 g/mol. The van der Waals surface area contributed by atoms with Gasteiger partial charge in [-0.3, -0.25) is 0 Å². The molecule has 4 N–H and O–H groups in total. The summed E-state index contributed by atoms with van der Waals surface area (Å²) in [5, 5.41) is 14.6. The van der Waals surface area contributed by atoms with Crippen molar-refractivity contribution in [2.75, 3.05) is 6.61 Å². The summed E-state index contributed by atoms with van der Waals surface area (Å²) in [6.45, 7) is 6.60. The Bertz CT molecular complexity index is 345. The van der Waals surface area contributed by atoms with Crippen molar-refractivity contribution in [1.82, 2.24) is 5.32 Å². The number of carbonyl (C=O) groups is 2. The van der Waals surface area contributed by atoms with E-state index in [0.717, 1.165) is 0 Å². The molecule has 0 fully saturated rings.